The van der Waals surface area contributed by atoms with E-state index in [1.54, 1.807) is 12.1 Å². The predicted molar refractivity (Wildman–Crippen MR) is 75.5 cm³/mol. The number of rotatable bonds is 3. The van der Waals surface area contributed by atoms with Crippen LogP contribution in [-0.2, 0) is 6.42 Å². The highest BCUT2D eigenvalue weighted by molar-refractivity contribution is 5.86. The molecule has 0 aliphatic rings. The summed E-state index contributed by atoms with van der Waals surface area (Å²) in [5, 5.41) is 1.38. The Labute approximate surface area is 116 Å². The van der Waals surface area contributed by atoms with Crippen LogP contribution in [0.4, 0.5) is 13.2 Å². The lowest BCUT2D eigenvalue weighted by atomic mass is 9.95. The average molecular weight is 281 g/mol. The fourth-order valence-electron chi connectivity index (χ4n) is 2.40. The number of nitrogens with two attached hydrogens (primary N) is 1. The SMILES string of the molecule is CC(C)Cc1ccc2c([C@H](N)C(F)(F)F)cccc2c1. The van der Waals surface area contributed by atoms with Crippen molar-refractivity contribution >= 4 is 10.8 Å². The van der Waals surface area contributed by atoms with E-state index in [-0.39, 0.29) is 5.56 Å². The van der Waals surface area contributed by atoms with E-state index in [0.717, 1.165) is 17.4 Å². The van der Waals surface area contributed by atoms with Crippen LogP contribution < -0.4 is 5.73 Å². The highest BCUT2D eigenvalue weighted by atomic mass is 19.4. The molecule has 0 aliphatic heterocycles. The maximum atomic E-state index is 12.8. The van der Waals surface area contributed by atoms with Crippen molar-refractivity contribution in [2.45, 2.75) is 32.5 Å². The van der Waals surface area contributed by atoms with Gasteiger partial charge in [0.15, 0.2) is 0 Å². The van der Waals surface area contributed by atoms with Crippen LogP contribution in [0.15, 0.2) is 36.4 Å². The summed E-state index contributed by atoms with van der Waals surface area (Å²) in [7, 11) is 0. The van der Waals surface area contributed by atoms with E-state index in [1.165, 1.54) is 6.07 Å². The van der Waals surface area contributed by atoms with E-state index < -0.39 is 12.2 Å². The molecule has 2 N–H and O–H groups in total. The molecule has 0 unspecified atom stereocenters. The minimum Gasteiger partial charge on any atom is -0.316 e. The van der Waals surface area contributed by atoms with E-state index in [2.05, 4.69) is 13.8 Å². The Morgan fingerprint density at radius 2 is 1.80 bits per heavy atom. The smallest absolute Gasteiger partial charge is 0.316 e. The van der Waals surface area contributed by atoms with Gasteiger partial charge in [0.1, 0.15) is 6.04 Å². The maximum absolute atomic E-state index is 12.8. The molecule has 2 rings (SSSR count). The predicted octanol–water partition coefficient (Wildman–Crippen LogP) is 4.60. The van der Waals surface area contributed by atoms with Crippen LogP contribution in [0, 0.1) is 5.92 Å². The minimum absolute atomic E-state index is 0.131. The highest BCUT2D eigenvalue weighted by Crippen LogP contribution is 2.34. The summed E-state index contributed by atoms with van der Waals surface area (Å²) < 4.78 is 38.4. The van der Waals surface area contributed by atoms with Gasteiger partial charge in [-0.3, -0.25) is 0 Å². The molecule has 0 spiro atoms. The van der Waals surface area contributed by atoms with Crippen LogP contribution in [-0.4, -0.2) is 6.18 Å². The average Bonchev–Trinajstić information content (AvgIpc) is 2.35. The van der Waals surface area contributed by atoms with E-state index in [1.807, 2.05) is 18.2 Å². The molecular weight excluding hydrogens is 263 g/mol. The van der Waals surface area contributed by atoms with Gasteiger partial charge in [-0.1, -0.05) is 50.2 Å². The molecule has 108 valence electrons. The molecule has 0 aliphatic carbocycles. The third-order valence-electron chi connectivity index (χ3n) is 3.31. The normalized spacial score (nSPS) is 13.9. The quantitative estimate of drug-likeness (QED) is 0.874. The van der Waals surface area contributed by atoms with Gasteiger partial charge in [-0.15, -0.1) is 0 Å². The van der Waals surface area contributed by atoms with Crippen LogP contribution in [0.25, 0.3) is 10.8 Å². The van der Waals surface area contributed by atoms with E-state index in [0.29, 0.717) is 11.3 Å². The first-order chi connectivity index (χ1) is 9.29. The van der Waals surface area contributed by atoms with E-state index in [4.69, 9.17) is 5.73 Å². The second kappa shape index (κ2) is 5.44. The third kappa shape index (κ3) is 3.12. The summed E-state index contributed by atoms with van der Waals surface area (Å²) in [5.41, 5.74) is 6.59. The molecule has 0 heterocycles. The zero-order valence-electron chi connectivity index (χ0n) is 11.5. The topological polar surface area (TPSA) is 26.0 Å². The Balaban J connectivity index is 2.49. The van der Waals surface area contributed by atoms with Crippen molar-refractivity contribution in [1.82, 2.24) is 0 Å². The molecule has 4 heteroatoms. The standard InChI is InChI=1S/C16H18F3N/c1-10(2)8-11-6-7-13-12(9-11)4-3-5-14(13)15(20)16(17,18)19/h3-7,9-10,15H,8,20H2,1-2H3/t15-/m0/s1. The van der Waals surface area contributed by atoms with Gasteiger partial charge in [0.05, 0.1) is 0 Å². The molecule has 1 atom stereocenters. The van der Waals surface area contributed by atoms with Crippen molar-refractivity contribution in [3.8, 4) is 0 Å². The zero-order chi connectivity index (χ0) is 14.9. The lowest BCUT2D eigenvalue weighted by Crippen LogP contribution is -2.28. The first kappa shape index (κ1) is 14.9. The number of alkyl halides is 3. The van der Waals surface area contributed by atoms with Gasteiger partial charge in [0.2, 0.25) is 0 Å². The molecule has 0 bridgehead atoms. The first-order valence-corrected chi connectivity index (χ1v) is 6.63. The van der Waals surface area contributed by atoms with E-state index >= 15 is 0 Å². The summed E-state index contributed by atoms with van der Waals surface area (Å²) >= 11 is 0. The molecule has 0 aromatic heterocycles. The number of fused-ring (bicyclic) bond motifs is 1. The van der Waals surface area contributed by atoms with Gasteiger partial charge in [0, 0.05) is 0 Å². The molecule has 2 aromatic carbocycles. The first-order valence-electron chi connectivity index (χ1n) is 6.63. The van der Waals surface area contributed by atoms with Crippen LogP contribution in [0.3, 0.4) is 0 Å². The monoisotopic (exact) mass is 281 g/mol. The zero-order valence-corrected chi connectivity index (χ0v) is 11.5. The Morgan fingerprint density at radius 3 is 2.40 bits per heavy atom. The Morgan fingerprint density at radius 1 is 1.10 bits per heavy atom. The van der Waals surface area contributed by atoms with Crippen molar-refractivity contribution in [1.29, 1.82) is 0 Å². The van der Waals surface area contributed by atoms with Crippen molar-refractivity contribution in [3.63, 3.8) is 0 Å². The number of hydrogen-bond acceptors (Lipinski definition) is 1. The molecule has 20 heavy (non-hydrogen) atoms. The third-order valence-corrected chi connectivity index (χ3v) is 3.31. The molecule has 2 aromatic rings. The molecule has 0 saturated heterocycles. The van der Waals surface area contributed by atoms with Crippen LogP contribution in [0.5, 0.6) is 0 Å². The van der Waals surface area contributed by atoms with Gasteiger partial charge in [0.25, 0.3) is 0 Å². The van der Waals surface area contributed by atoms with E-state index in [9.17, 15) is 13.2 Å². The second-order valence-corrected chi connectivity index (χ2v) is 5.52. The minimum atomic E-state index is -4.43. The Hall–Kier alpha value is -1.55. The molecule has 0 radical (unpaired) electrons. The molecule has 0 saturated carbocycles. The maximum Gasteiger partial charge on any atom is 0.407 e. The van der Waals surface area contributed by atoms with Gasteiger partial charge in [-0.2, -0.15) is 13.2 Å². The van der Waals surface area contributed by atoms with Gasteiger partial charge in [-0.05, 0) is 34.2 Å². The number of hydrogen-bond donors (Lipinski definition) is 1. The molecule has 0 fully saturated rings. The summed E-state index contributed by atoms with van der Waals surface area (Å²) in [5.74, 6) is 0.507. The number of halogens is 3. The van der Waals surface area contributed by atoms with Gasteiger partial charge < -0.3 is 5.73 Å². The molecule has 0 amide bonds. The lowest BCUT2D eigenvalue weighted by molar-refractivity contribution is -0.148. The van der Waals surface area contributed by atoms with Gasteiger partial charge >= 0.3 is 6.18 Å². The van der Waals surface area contributed by atoms with Crippen molar-refractivity contribution in [2.24, 2.45) is 11.7 Å². The Kier molecular flexibility index (Phi) is 4.04. The van der Waals surface area contributed by atoms with Crippen molar-refractivity contribution in [3.05, 3.63) is 47.5 Å². The number of benzene rings is 2. The summed E-state index contributed by atoms with van der Waals surface area (Å²) in [6.45, 7) is 4.22. The fourth-order valence-corrected chi connectivity index (χ4v) is 2.40. The summed E-state index contributed by atoms with van der Waals surface area (Å²) in [4.78, 5) is 0. The van der Waals surface area contributed by atoms with Crippen LogP contribution in [0.2, 0.25) is 0 Å². The summed E-state index contributed by atoms with van der Waals surface area (Å²) in [6, 6.07) is 8.53. The molecular formula is C16H18F3N. The second-order valence-electron chi connectivity index (χ2n) is 5.52. The lowest BCUT2D eigenvalue weighted by Gasteiger charge is -2.18. The van der Waals surface area contributed by atoms with Crippen LogP contribution >= 0.6 is 0 Å². The largest absolute Gasteiger partial charge is 0.407 e. The van der Waals surface area contributed by atoms with Crippen molar-refractivity contribution < 1.29 is 13.2 Å². The molecule has 1 nitrogen and oxygen atoms in total. The van der Waals surface area contributed by atoms with Crippen LogP contribution in [0.1, 0.15) is 31.0 Å². The van der Waals surface area contributed by atoms with Crippen molar-refractivity contribution in [2.75, 3.05) is 0 Å². The Bertz CT molecular complexity index is 602. The fraction of sp³-hybridized carbons (Fsp3) is 0.375. The summed E-state index contributed by atoms with van der Waals surface area (Å²) in [6.07, 6.45) is -3.52. The van der Waals surface area contributed by atoms with Gasteiger partial charge in [-0.25, -0.2) is 0 Å². The highest BCUT2D eigenvalue weighted by Gasteiger charge is 2.38.